The van der Waals surface area contributed by atoms with Crippen LogP contribution in [-0.4, -0.2) is 28.1 Å². The molecule has 0 radical (unpaired) electrons. The first-order valence-electron chi connectivity index (χ1n) is 7.38. The lowest BCUT2D eigenvalue weighted by atomic mass is 10.2. The van der Waals surface area contributed by atoms with E-state index in [0.29, 0.717) is 33.0 Å². The normalized spacial score (nSPS) is 10.5. The van der Waals surface area contributed by atoms with Gasteiger partial charge in [-0.05, 0) is 36.4 Å². The molecule has 1 aromatic heterocycles. The fraction of sp³-hybridized carbons (Fsp3) is 0.118. The summed E-state index contributed by atoms with van der Waals surface area (Å²) in [5.74, 6) is 0.691. The van der Waals surface area contributed by atoms with Crippen molar-refractivity contribution in [2.45, 2.75) is 6.54 Å². The van der Waals surface area contributed by atoms with Gasteiger partial charge in [-0.3, -0.25) is 0 Å². The summed E-state index contributed by atoms with van der Waals surface area (Å²) in [6.45, 7) is 0.164. The first-order chi connectivity index (χ1) is 12.0. The van der Waals surface area contributed by atoms with Gasteiger partial charge >= 0.3 is 6.03 Å². The topological polar surface area (TPSA) is 71.3 Å². The maximum absolute atomic E-state index is 12.2. The van der Waals surface area contributed by atoms with Gasteiger partial charge in [-0.25, -0.2) is 4.79 Å². The number of anilines is 1. The molecule has 0 bridgehead atoms. The van der Waals surface area contributed by atoms with Gasteiger partial charge in [-0.15, -0.1) is 0 Å². The van der Waals surface area contributed by atoms with Gasteiger partial charge in [-0.2, -0.15) is 4.98 Å². The third-order valence-electron chi connectivity index (χ3n) is 3.40. The number of urea groups is 1. The number of nitrogens with one attached hydrogen (secondary N) is 1. The maximum atomic E-state index is 12.2. The Balaban J connectivity index is 1.65. The number of rotatable bonds is 4. The summed E-state index contributed by atoms with van der Waals surface area (Å²) in [6, 6.07) is 13.7. The average Bonchev–Trinajstić information content (AvgIpc) is 3.05. The van der Waals surface area contributed by atoms with Crippen LogP contribution in [-0.2, 0) is 6.54 Å². The number of hydrogen-bond donors (Lipinski definition) is 1. The molecule has 128 valence electrons. The van der Waals surface area contributed by atoms with Crippen LogP contribution in [0.2, 0.25) is 10.0 Å². The van der Waals surface area contributed by atoms with Gasteiger partial charge in [-0.1, -0.05) is 40.5 Å². The standard InChI is InChI=1S/C17H14Cl2N4O2/c1-23(17(24)20-12-8-6-11(18)7-9-12)10-15-21-16(22-25-15)13-4-2-3-5-14(13)19/h2-9H,10H2,1H3,(H,20,24). The Hall–Kier alpha value is -2.57. The molecule has 3 rings (SSSR count). The highest BCUT2D eigenvalue weighted by atomic mass is 35.5. The van der Waals surface area contributed by atoms with E-state index in [1.54, 1.807) is 43.4 Å². The molecular formula is C17H14Cl2N4O2. The zero-order valence-electron chi connectivity index (χ0n) is 13.2. The smallest absolute Gasteiger partial charge is 0.322 e. The van der Waals surface area contributed by atoms with Gasteiger partial charge < -0.3 is 14.7 Å². The van der Waals surface area contributed by atoms with Crippen LogP contribution < -0.4 is 5.32 Å². The molecule has 0 atom stereocenters. The molecule has 8 heteroatoms. The van der Waals surface area contributed by atoms with Crippen LogP contribution >= 0.6 is 23.2 Å². The molecule has 0 aliphatic rings. The van der Waals surface area contributed by atoms with Crippen molar-refractivity contribution in [3.05, 3.63) is 64.5 Å². The number of carbonyl (C=O) groups is 1. The lowest BCUT2D eigenvalue weighted by Gasteiger charge is -2.15. The van der Waals surface area contributed by atoms with Gasteiger partial charge in [0.1, 0.15) is 6.54 Å². The fourth-order valence-electron chi connectivity index (χ4n) is 2.10. The molecule has 1 N–H and O–H groups in total. The SMILES string of the molecule is CN(Cc1nc(-c2ccccc2Cl)no1)C(=O)Nc1ccc(Cl)cc1. The third kappa shape index (κ3) is 4.29. The molecule has 0 aliphatic carbocycles. The first-order valence-corrected chi connectivity index (χ1v) is 8.13. The fourth-order valence-corrected chi connectivity index (χ4v) is 2.44. The summed E-state index contributed by atoms with van der Waals surface area (Å²) in [6.07, 6.45) is 0. The van der Waals surface area contributed by atoms with Crippen molar-refractivity contribution in [3.63, 3.8) is 0 Å². The van der Waals surface area contributed by atoms with E-state index in [2.05, 4.69) is 15.5 Å². The summed E-state index contributed by atoms with van der Waals surface area (Å²) < 4.78 is 5.20. The third-order valence-corrected chi connectivity index (χ3v) is 3.98. The van der Waals surface area contributed by atoms with Gasteiger partial charge in [0, 0.05) is 23.3 Å². The monoisotopic (exact) mass is 376 g/mol. The molecule has 0 aliphatic heterocycles. The predicted octanol–water partition coefficient (Wildman–Crippen LogP) is 4.71. The number of nitrogens with zero attached hydrogens (tertiary/aromatic N) is 3. The molecule has 1 heterocycles. The maximum Gasteiger partial charge on any atom is 0.322 e. The summed E-state index contributed by atoms with van der Waals surface area (Å²) in [4.78, 5) is 17.9. The first kappa shape index (κ1) is 17.3. The molecule has 2 amide bonds. The molecular weight excluding hydrogens is 363 g/mol. The van der Waals surface area contributed by atoms with Crippen LogP contribution in [0.4, 0.5) is 10.5 Å². The van der Waals surface area contributed by atoms with Gasteiger partial charge in [0.2, 0.25) is 11.7 Å². The number of halogens is 2. The minimum Gasteiger partial charge on any atom is -0.337 e. The van der Waals surface area contributed by atoms with Crippen molar-refractivity contribution < 1.29 is 9.32 Å². The molecule has 3 aromatic rings. The molecule has 0 saturated heterocycles. The van der Waals surface area contributed by atoms with Crippen molar-refractivity contribution in [2.75, 3.05) is 12.4 Å². The minimum absolute atomic E-state index is 0.164. The molecule has 0 spiro atoms. The molecule has 0 unspecified atom stereocenters. The molecule has 0 fully saturated rings. The minimum atomic E-state index is -0.306. The van der Waals surface area contributed by atoms with Crippen molar-refractivity contribution in [1.29, 1.82) is 0 Å². The molecule has 2 aromatic carbocycles. The molecule has 25 heavy (non-hydrogen) atoms. The predicted molar refractivity (Wildman–Crippen MR) is 96.7 cm³/mol. The van der Waals surface area contributed by atoms with Crippen molar-refractivity contribution in [3.8, 4) is 11.4 Å². The highest BCUT2D eigenvalue weighted by Gasteiger charge is 2.16. The zero-order chi connectivity index (χ0) is 17.8. The van der Waals surface area contributed by atoms with Crippen LogP contribution in [0.15, 0.2) is 53.1 Å². The van der Waals surface area contributed by atoms with Gasteiger partial charge in [0.15, 0.2) is 0 Å². The second-order valence-corrected chi connectivity index (χ2v) is 6.13. The van der Waals surface area contributed by atoms with Gasteiger partial charge in [0.05, 0.1) is 5.02 Å². The Morgan fingerprint density at radius 1 is 1.16 bits per heavy atom. The average molecular weight is 377 g/mol. The van der Waals surface area contributed by atoms with E-state index in [4.69, 9.17) is 27.7 Å². The van der Waals surface area contributed by atoms with Gasteiger partial charge in [0.25, 0.3) is 0 Å². The Morgan fingerprint density at radius 2 is 1.88 bits per heavy atom. The lowest BCUT2D eigenvalue weighted by Crippen LogP contribution is -2.30. The summed E-state index contributed by atoms with van der Waals surface area (Å²) in [5.41, 5.74) is 1.32. The van der Waals surface area contributed by atoms with Crippen LogP contribution in [0, 0.1) is 0 Å². The van der Waals surface area contributed by atoms with Crippen molar-refractivity contribution in [2.24, 2.45) is 0 Å². The second kappa shape index (κ2) is 7.55. The van der Waals surface area contributed by atoms with Crippen LogP contribution in [0.1, 0.15) is 5.89 Å². The second-order valence-electron chi connectivity index (χ2n) is 5.28. The molecule has 0 saturated carbocycles. The Bertz CT molecular complexity index is 880. The quantitative estimate of drug-likeness (QED) is 0.715. The van der Waals surface area contributed by atoms with Crippen LogP contribution in [0.25, 0.3) is 11.4 Å². The van der Waals surface area contributed by atoms with E-state index >= 15 is 0 Å². The van der Waals surface area contributed by atoms with E-state index in [9.17, 15) is 4.79 Å². The van der Waals surface area contributed by atoms with E-state index < -0.39 is 0 Å². The highest BCUT2D eigenvalue weighted by molar-refractivity contribution is 6.33. The zero-order valence-corrected chi connectivity index (χ0v) is 14.8. The number of carbonyl (C=O) groups excluding carboxylic acids is 1. The van der Waals surface area contributed by atoms with E-state index in [1.807, 2.05) is 12.1 Å². The van der Waals surface area contributed by atoms with E-state index in [0.717, 1.165) is 0 Å². The molecule has 6 nitrogen and oxygen atoms in total. The Labute approximate surface area is 154 Å². The number of hydrogen-bond acceptors (Lipinski definition) is 4. The highest BCUT2D eigenvalue weighted by Crippen LogP contribution is 2.25. The van der Waals surface area contributed by atoms with Crippen molar-refractivity contribution in [1.82, 2.24) is 15.0 Å². The van der Waals surface area contributed by atoms with Crippen LogP contribution in [0.5, 0.6) is 0 Å². The summed E-state index contributed by atoms with van der Waals surface area (Å²) >= 11 is 11.9. The Morgan fingerprint density at radius 3 is 2.60 bits per heavy atom. The largest absolute Gasteiger partial charge is 0.337 e. The van der Waals surface area contributed by atoms with Crippen molar-refractivity contribution >= 4 is 34.9 Å². The summed E-state index contributed by atoms with van der Waals surface area (Å²) in [5, 5.41) is 7.80. The van der Waals surface area contributed by atoms with Crippen LogP contribution in [0.3, 0.4) is 0 Å². The Kier molecular flexibility index (Phi) is 5.21. The number of amides is 2. The summed E-state index contributed by atoms with van der Waals surface area (Å²) in [7, 11) is 1.63. The van der Waals surface area contributed by atoms with E-state index in [-0.39, 0.29) is 12.6 Å². The number of aromatic nitrogens is 2. The lowest BCUT2D eigenvalue weighted by molar-refractivity contribution is 0.213. The number of benzene rings is 2. The van der Waals surface area contributed by atoms with E-state index in [1.165, 1.54) is 4.90 Å².